The Morgan fingerprint density at radius 3 is 2.50 bits per heavy atom. The molecule has 1 fully saturated rings. The highest BCUT2D eigenvalue weighted by molar-refractivity contribution is 9.10. The predicted octanol–water partition coefficient (Wildman–Crippen LogP) is 1.65. The molecule has 0 spiro atoms. The summed E-state index contributed by atoms with van der Waals surface area (Å²) in [5, 5.41) is 0. The second kappa shape index (κ2) is 6.17. The highest BCUT2D eigenvalue weighted by Gasteiger charge is 2.35. The highest BCUT2D eigenvalue weighted by Crippen LogP contribution is 2.18. The molecular formula is C14H14BrNO4. The molecule has 0 bridgehead atoms. The normalized spacial score (nSPS) is 18.8. The maximum Gasteiger partial charge on any atom is 0.316 e. The Bertz CT molecular complexity index is 541. The predicted molar refractivity (Wildman–Crippen MR) is 75.2 cm³/mol. The number of halogens is 1. The number of piperidine rings is 1. The molecule has 5 nitrogen and oxygen atoms in total. The van der Waals surface area contributed by atoms with Crippen molar-refractivity contribution in [2.75, 3.05) is 20.2 Å². The number of esters is 1. The lowest BCUT2D eigenvalue weighted by Gasteiger charge is -2.29. The molecule has 0 saturated carbocycles. The first-order valence-corrected chi connectivity index (χ1v) is 6.97. The zero-order chi connectivity index (χ0) is 14.7. The fraction of sp³-hybridized carbons (Fsp3) is 0.357. The summed E-state index contributed by atoms with van der Waals surface area (Å²) in [7, 11) is 1.26. The van der Waals surface area contributed by atoms with Gasteiger partial charge in [-0.3, -0.25) is 14.4 Å². The van der Waals surface area contributed by atoms with Gasteiger partial charge in [0.25, 0.3) is 5.91 Å². The van der Waals surface area contributed by atoms with Crippen molar-refractivity contribution < 1.29 is 19.1 Å². The first-order valence-electron chi connectivity index (χ1n) is 6.18. The quantitative estimate of drug-likeness (QED) is 0.607. The fourth-order valence-corrected chi connectivity index (χ4v) is 2.43. The smallest absolute Gasteiger partial charge is 0.316 e. The van der Waals surface area contributed by atoms with Crippen LogP contribution >= 0.6 is 15.9 Å². The first kappa shape index (κ1) is 14.7. The van der Waals surface area contributed by atoms with Crippen LogP contribution in [0.5, 0.6) is 0 Å². The number of carbonyl (C=O) groups is 3. The summed E-state index contributed by atoms with van der Waals surface area (Å²) in [5.74, 6) is -1.73. The van der Waals surface area contributed by atoms with E-state index in [1.807, 2.05) is 0 Å². The van der Waals surface area contributed by atoms with Gasteiger partial charge in [0.15, 0.2) is 5.78 Å². The number of carbonyl (C=O) groups excluding carboxylic acids is 3. The number of benzene rings is 1. The van der Waals surface area contributed by atoms with E-state index < -0.39 is 11.9 Å². The molecule has 6 heteroatoms. The molecule has 1 saturated heterocycles. The van der Waals surface area contributed by atoms with Crippen LogP contribution in [0.25, 0.3) is 0 Å². The lowest BCUT2D eigenvalue weighted by Crippen LogP contribution is -2.46. The third kappa shape index (κ3) is 3.07. The number of hydrogen-bond acceptors (Lipinski definition) is 4. The van der Waals surface area contributed by atoms with Gasteiger partial charge in [-0.05, 0) is 30.7 Å². The highest BCUT2D eigenvalue weighted by atomic mass is 79.9. The topological polar surface area (TPSA) is 63.7 Å². The molecule has 0 aliphatic carbocycles. The van der Waals surface area contributed by atoms with E-state index in [1.54, 1.807) is 24.3 Å². The van der Waals surface area contributed by atoms with E-state index in [9.17, 15) is 14.4 Å². The Labute approximate surface area is 125 Å². The third-order valence-electron chi connectivity index (χ3n) is 3.29. The van der Waals surface area contributed by atoms with Crippen LogP contribution in [0.1, 0.15) is 16.8 Å². The summed E-state index contributed by atoms with van der Waals surface area (Å²) in [6.45, 7) is 0.328. The molecule has 0 aromatic heterocycles. The van der Waals surface area contributed by atoms with Gasteiger partial charge >= 0.3 is 5.97 Å². The van der Waals surface area contributed by atoms with Crippen LogP contribution in [0.15, 0.2) is 28.7 Å². The zero-order valence-corrected chi connectivity index (χ0v) is 12.6. The Hall–Kier alpha value is -1.69. The monoisotopic (exact) mass is 339 g/mol. The Morgan fingerprint density at radius 1 is 1.30 bits per heavy atom. The lowest BCUT2D eigenvalue weighted by atomic mass is 9.95. The van der Waals surface area contributed by atoms with Crippen LogP contribution in [0, 0.1) is 5.92 Å². The second-order valence-electron chi connectivity index (χ2n) is 4.56. The van der Waals surface area contributed by atoms with Crippen molar-refractivity contribution in [3.63, 3.8) is 0 Å². The van der Waals surface area contributed by atoms with Gasteiger partial charge in [0.05, 0.1) is 13.7 Å². The van der Waals surface area contributed by atoms with Gasteiger partial charge in [0.2, 0.25) is 0 Å². The summed E-state index contributed by atoms with van der Waals surface area (Å²) < 4.78 is 5.47. The largest absolute Gasteiger partial charge is 0.468 e. The molecule has 106 valence electrons. The standard InChI is InChI=1S/C14H14BrNO4/c1-20-14(19)11-6-7-16(8-12(11)17)13(18)9-2-4-10(15)5-3-9/h2-5,11H,6-8H2,1H3. The van der Waals surface area contributed by atoms with Crippen molar-refractivity contribution in [2.24, 2.45) is 5.92 Å². The van der Waals surface area contributed by atoms with E-state index in [1.165, 1.54) is 12.0 Å². The number of rotatable bonds is 2. The summed E-state index contributed by atoms with van der Waals surface area (Å²) in [6, 6.07) is 6.94. The van der Waals surface area contributed by atoms with E-state index in [4.69, 9.17) is 0 Å². The molecule has 2 rings (SSSR count). The van der Waals surface area contributed by atoms with Crippen molar-refractivity contribution in [3.05, 3.63) is 34.3 Å². The van der Waals surface area contributed by atoms with E-state index in [0.29, 0.717) is 18.5 Å². The SMILES string of the molecule is COC(=O)C1CCN(C(=O)c2ccc(Br)cc2)CC1=O. The minimum Gasteiger partial charge on any atom is -0.468 e. The number of likely N-dealkylation sites (tertiary alicyclic amines) is 1. The fourth-order valence-electron chi connectivity index (χ4n) is 2.16. The summed E-state index contributed by atoms with van der Waals surface area (Å²) in [5.41, 5.74) is 0.525. The number of amides is 1. The minimum atomic E-state index is -0.742. The molecule has 1 atom stereocenters. The summed E-state index contributed by atoms with van der Waals surface area (Å²) in [6.07, 6.45) is 0.313. The van der Waals surface area contributed by atoms with E-state index >= 15 is 0 Å². The van der Waals surface area contributed by atoms with Crippen LogP contribution in [0.2, 0.25) is 0 Å². The molecule has 1 amide bonds. The van der Waals surface area contributed by atoms with Gasteiger partial charge in [0, 0.05) is 16.6 Å². The van der Waals surface area contributed by atoms with Crippen molar-refractivity contribution in [2.45, 2.75) is 6.42 Å². The molecule has 1 unspecified atom stereocenters. The van der Waals surface area contributed by atoms with Crippen LogP contribution in [-0.4, -0.2) is 42.8 Å². The molecular weight excluding hydrogens is 326 g/mol. The van der Waals surface area contributed by atoms with Gasteiger partial charge in [-0.1, -0.05) is 15.9 Å². The molecule has 1 aliphatic rings. The van der Waals surface area contributed by atoms with Gasteiger partial charge in [-0.2, -0.15) is 0 Å². The van der Waals surface area contributed by atoms with Crippen LogP contribution < -0.4 is 0 Å². The van der Waals surface area contributed by atoms with Gasteiger partial charge in [0.1, 0.15) is 5.92 Å². The average molecular weight is 340 g/mol. The van der Waals surface area contributed by atoms with E-state index in [2.05, 4.69) is 20.7 Å². The minimum absolute atomic E-state index is 0.0470. The molecule has 0 N–H and O–H groups in total. The van der Waals surface area contributed by atoms with E-state index in [0.717, 1.165) is 4.47 Å². The van der Waals surface area contributed by atoms with Crippen LogP contribution in [0.4, 0.5) is 0 Å². The Morgan fingerprint density at radius 2 is 1.95 bits per heavy atom. The maximum absolute atomic E-state index is 12.2. The van der Waals surface area contributed by atoms with Crippen LogP contribution in [0.3, 0.4) is 0 Å². The first-order chi connectivity index (χ1) is 9.52. The molecule has 1 aromatic carbocycles. The lowest BCUT2D eigenvalue weighted by molar-refractivity contribution is -0.151. The molecule has 20 heavy (non-hydrogen) atoms. The summed E-state index contributed by atoms with van der Waals surface area (Å²) in [4.78, 5) is 37.0. The molecule has 1 aromatic rings. The Kier molecular flexibility index (Phi) is 4.54. The number of ether oxygens (including phenoxy) is 1. The van der Waals surface area contributed by atoms with Gasteiger partial charge in [-0.25, -0.2) is 0 Å². The van der Waals surface area contributed by atoms with Crippen molar-refractivity contribution >= 4 is 33.6 Å². The molecule has 0 radical (unpaired) electrons. The van der Waals surface area contributed by atoms with Gasteiger partial charge < -0.3 is 9.64 Å². The van der Waals surface area contributed by atoms with Gasteiger partial charge in [-0.15, -0.1) is 0 Å². The number of ketones is 1. The number of Topliss-reactive ketones (excluding diaryl/α,β-unsaturated/α-hetero) is 1. The molecule has 1 aliphatic heterocycles. The second-order valence-corrected chi connectivity index (χ2v) is 5.48. The Balaban J connectivity index is 2.05. The average Bonchev–Trinajstić information content (AvgIpc) is 2.46. The number of hydrogen-bond donors (Lipinski definition) is 0. The molecule has 1 heterocycles. The van der Waals surface area contributed by atoms with Crippen molar-refractivity contribution in [1.82, 2.24) is 4.90 Å². The third-order valence-corrected chi connectivity index (χ3v) is 3.82. The summed E-state index contributed by atoms with van der Waals surface area (Å²) >= 11 is 3.30. The number of nitrogens with zero attached hydrogens (tertiary/aromatic N) is 1. The zero-order valence-electron chi connectivity index (χ0n) is 11.0. The van der Waals surface area contributed by atoms with E-state index in [-0.39, 0.29) is 18.2 Å². The number of methoxy groups -OCH3 is 1. The maximum atomic E-state index is 12.2. The van der Waals surface area contributed by atoms with Crippen molar-refractivity contribution in [3.8, 4) is 0 Å². The van der Waals surface area contributed by atoms with Crippen molar-refractivity contribution in [1.29, 1.82) is 0 Å². The van der Waals surface area contributed by atoms with Crippen LogP contribution in [-0.2, 0) is 14.3 Å².